The van der Waals surface area contributed by atoms with Gasteiger partial charge in [-0.05, 0) is 25.7 Å². The summed E-state index contributed by atoms with van der Waals surface area (Å²) in [5, 5.41) is 7.65. The molecule has 1 aliphatic rings. The molecular formula is C14H17ClN4OS. The topological polar surface area (TPSA) is 59.8 Å². The third-order valence-electron chi connectivity index (χ3n) is 3.92. The summed E-state index contributed by atoms with van der Waals surface area (Å²) in [6.07, 6.45) is 5.16. The summed E-state index contributed by atoms with van der Waals surface area (Å²) in [5.74, 6) is 0.577. The Labute approximate surface area is 132 Å². The number of aromatic nitrogens is 3. The molecule has 0 unspecified atom stereocenters. The number of hydrogen-bond acceptors (Lipinski definition) is 5. The van der Waals surface area contributed by atoms with Crippen LogP contribution >= 0.6 is 22.9 Å². The molecule has 2 aromatic heterocycles. The third-order valence-corrected chi connectivity index (χ3v) is 5.15. The highest BCUT2D eigenvalue weighted by Gasteiger charge is 2.20. The molecule has 0 amide bonds. The monoisotopic (exact) mass is 324 g/mol. The van der Waals surface area contributed by atoms with Crippen molar-refractivity contribution in [1.82, 2.24) is 14.8 Å². The van der Waals surface area contributed by atoms with Gasteiger partial charge in [0, 0.05) is 11.4 Å². The lowest BCUT2D eigenvalue weighted by molar-refractivity contribution is 0.262. The summed E-state index contributed by atoms with van der Waals surface area (Å²) in [4.78, 5) is 17.8. The normalized spacial score (nSPS) is 15.0. The van der Waals surface area contributed by atoms with Crippen molar-refractivity contribution in [2.75, 3.05) is 5.32 Å². The molecule has 1 N–H and O–H groups in total. The summed E-state index contributed by atoms with van der Waals surface area (Å²) in [6.45, 7) is 3.19. The summed E-state index contributed by atoms with van der Waals surface area (Å²) in [5.41, 5.74) is 3.07. The molecule has 0 aromatic carbocycles. The van der Waals surface area contributed by atoms with Crippen LogP contribution < -0.4 is 10.9 Å². The van der Waals surface area contributed by atoms with Gasteiger partial charge in [0.05, 0.1) is 29.0 Å². The molecule has 1 aliphatic carbocycles. The van der Waals surface area contributed by atoms with Crippen LogP contribution in [0.25, 0.3) is 0 Å². The lowest BCUT2D eigenvalue weighted by Gasteiger charge is -2.25. The van der Waals surface area contributed by atoms with Crippen molar-refractivity contribution in [2.24, 2.45) is 5.92 Å². The first-order valence-electron chi connectivity index (χ1n) is 7.03. The van der Waals surface area contributed by atoms with Gasteiger partial charge < -0.3 is 5.32 Å². The number of thiazole rings is 1. The molecular weight excluding hydrogens is 308 g/mol. The minimum Gasteiger partial charge on any atom is -0.374 e. The van der Waals surface area contributed by atoms with Crippen LogP contribution in [0.15, 0.2) is 16.5 Å². The second-order valence-corrected chi connectivity index (χ2v) is 6.71. The standard InChI is InChI=1S/C14H17ClN4OS/c1-9-12(21-8-17-9)6-16-13-11(15)5-18-19(14(13)20)7-10-3-2-4-10/h5,8,10,16H,2-4,6-7H2,1H3. The zero-order chi connectivity index (χ0) is 14.8. The molecule has 0 radical (unpaired) electrons. The predicted molar refractivity (Wildman–Crippen MR) is 85.0 cm³/mol. The molecule has 3 rings (SSSR count). The van der Waals surface area contributed by atoms with E-state index in [1.54, 1.807) is 23.0 Å². The van der Waals surface area contributed by atoms with Gasteiger partial charge in [-0.15, -0.1) is 11.3 Å². The van der Waals surface area contributed by atoms with Crippen LogP contribution in [0.5, 0.6) is 0 Å². The number of halogens is 1. The zero-order valence-electron chi connectivity index (χ0n) is 11.8. The summed E-state index contributed by atoms with van der Waals surface area (Å²) >= 11 is 7.68. The number of hydrogen-bond donors (Lipinski definition) is 1. The highest BCUT2D eigenvalue weighted by Crippen LogP contribution is 2.27. The molecule has 2 heterocycles. The van der Waals surface area contributed by atoms with Gasteiger partial charge in [0.1, 0.15) is 5.69 Å². The number of nitrogens with zero attached hydrogens (tertiary/aromatic N) is 3. The van der Waals surface area contributed by atoms with E-state index in [-0.39, 0.29) is 5.56 Å². The predicted octanol–water partition coefficient (Wildman–Crippen LogP) is 3.07. The van der Waals surface area contributed by atoms with E-state index in [2.05, 4.69) is 15.4 Å². The van der Waals surface area contributed by atoms with E-state index in [0.717, 1.165) is 10.6 Å². The van der Waals surface area contributed by atoms with Crippen molar-refractivity contribution in [3.63, 3.8) is 0 Å². The fourth-order valence-corrected chi connectivity index (χ4v) is 3.25. The smallest absolute Gasteiger partial charge is 0.291 e. The van der Waals surface area contributed by atoms with Crippen molar-refractivity contribution in [3.8, 4) is 0 Å². The SMILES string of the molecule is Cc1ncsc1CNc1c(Cl)cnn(CC2CCC2)c1=O. The fourth-order valence-electron chi connectivity index (χ4n) is 2.34. The van der Waals surface area contributed by atoms with Crippen molar-refractivity contribution >= 4 is 28.6 Å². The maximum Gasteiger partial charge on any atom is 0.291 e. The second-order valence-electron chi connectivity index (χ2n) is 5.37. The van der Waals surface area contributed by atoms with Gasteiger partial charge in [-0.25, -0.2) is 9.67 Å². The first-order chi connectivity index (χ1) is 10.1. The van der Waals surface area contributed by atoms with E-state index in [1.807, 2.05) is 6.92 Å². The number of anilines is 1. The molecule has 0 bridgehead atoms. The van der Waals surface area contributed by atoms with Crippen molar-refractivity contribution in [3.05, 3.63) is 37.7 Å². The van der Waals surface area contributed by atoms with Gasteiger partial charge in [-0.3, -0.25) is 4.79 Å². The van der Waals surface area contributed by atoms with Crippen LogP contribution in [-0.4, -0.2) is 14.8 Å². The van der Waals surface area contributed by atoms with Crippen molar-refractivity contribution in [2.45, 2.75) is 39.3 Å². The average molecular weight is 325 g/mol. The van der Waals surface area contributed by atoms with Crippen molar-refractivity contribution < 1.29 is 0 Å². The molecule has 0 spiro atoms. The zero-order valence-corrected chi connectivity index (χ0v) is 13.4. The molecule has 2 aromatic rings. The number of aryl methyl sites for hydroxylation is 1. The largest absolute Gasteiger partial charge is 0.374 e. The maximum atomic E-state index is 12.5. The van der Waals surface area contributed by atoms with Gasteiger partial charge in [-0.1, -0.05) is 18.0 Å². The lowest BCUT2D eigenvalue weighted by Crippen LogP contribution is -2.30. The van der Waals surface area contributed by atoms with E-state index in [4.69, 9.17) is 11.6 Å². The Morgan fingerprint density at radius 1 is 1.52 bits per heavy atom. The Bertz CT molecular complexity index is 693. The minimum atomic E-state index is -0.142. The van der Waals surface area contributed by atoms with Crippen LogP contribution in [-0.2, 0) is 13.1 Å². The van der Waals surface area contributed by atoms with Gasteiger partial charge in [-0.2, -0.15) is 5.10 Å². The van der Waals surface area contributed by atoms with Gasteiger partial charge in [0.25, 0.3) is 5.56 Å². The number of nitrogens with one attached hydrogen (secondary N) is 1. The molecule has 7 heteroatoms. The van der Waals surface area contributed by atoms with Crippen LogP contribution in [0.4, 0.5) is 5.69 Å². The van der Waals surface area contributed by atoms with Gasteiger partial charge >= 0.3 is 0 Å². The molecule has 21 heavy (non-hydrogen) atoms. The van der Waals surface area contributed by atoms with Crippen LogP contribution in [0.1, 0.15) is 29.8 Å². The Balaban J connectivity index is 1.78. The molecule has 1 saturated carbocycles. The molecule has 112 valence electrons. The van der Waals surface area contributed by atoms with Crippen molar-refractivity contribution in [1.29, 1.82) is 0 Å². The Kier molecular flexibility index (Phi) is 4.26. The summed E-state index contributed by atoms with van der Waals surface area (Å²) in [7, 11) is 0. The van der Waals surface area contributed by atoms with E-state index >= 15 is 0 Å². The molecule has 5 nitrogen and oxygen atoms in total. The van der Waals surface area contributed by atoms with E-state index < -0.39 is 0 Å². The Morgan fingerprint density at radius 3 is 2.95 bits per heavy atom. The van der Waals surface area contributed by atoms with Gasteiger partial charge in [0.15, 0.2) is 0 Å². The fraction of sp³-hybridized carbons (Fsp3) is 0.500. The number of rotatable bonds is 5. The third kappa shape index (κ3) is 3.11. The molecule has 0 aliphatic heterocycles. The van der Waals surface area contributed by atoms with E-state index in [0.29, 0.717) is 29.7 Å². The summed E-state index contributed by atoms with van der Waals surface area (Å²) in [6, 6.07) is 0. The first-order valence-corrected chi connectivity index (χ1v) is 8.29. The van der Waals surface area contributed by atoms with E-state index in [1.165, 1.54) is 23.9 Å². The molecule has 0 atom stereocenters. The molecule has 1 fully saturated rings. The second kappa shape index (κ2) is 6.15. The Morgan fingerprint density at radius 2 is 2.33 bits per heavy atom. The maximum absolute atomic E-state index is 12.5. The minimum absolute atomic E-state index is 0.142. The van der Waals surface area contributed by atoms with Crippen LogP contribution in [0.2, 0.25) is 5.02 Å². The summed E-state index contributed by atoms with van der Waals surface area (Å²) < 4.78 is 1.53. The first kappa shape index (κ1) is 14.5. The quantitative estimate of drug-likeness (QED) is 0.918. The van der Waals surface area contributed by atoms with Gasteiger partial charge in [0.2, 0.25) is 0 Å². The highest BCUT2D eigenvalue weighted by atomic mass is 35.5. The highest BCUT2D eigenvalue weighted by molar-refractivity contribution is 7.09. The van der Waals surface area contributed by atoms with Crippen LogP contribution in [0.3, 0.4) is 0 Å². The van der Waals surface area contributed by atoms with Crippen LogP contribution in [0, 0.1) is 12.8 Å². The van der Waals surface area contributed by atoms with E-state index in [9.17, 15) is 4.79 Å². The molecule has 0 saturated heterocycles. The lowest BCUT2D eigenvalue weighted by atomic mass is 9.85. The average Bonchev–Trinajstić information content (AvgIpc) is 2.81. The Hall–Kier alpha value is -1.40.